The van der Waals surface area contributed by atoms with Gasteiger partial charge in [0.05, 0.1) is 0 Å². The summed E-state index contributed by atoms with van der Waals surface area (Å²) in [4.78, 5) is 24.3. The third kappa shape index (κ3) is 9.16. The predicted octanol–water partition coefficient (Wildman–Crippen LogP) is 5.94. The minimum Gasteiger partial charge on any atom is -0.508 e. The van der Waals surface area contributed by atoms with E-state index in [1.807, 2.05) is 12.1 Å². The Bertz CT molecular complexity index is 879. The number of phenols is 2. The van der Waals surface area contributed by atoms with Crippen LogP contribution in [0.5, 0.6) is 11.5 Å². The number of aromatic hydroxyl groups is 2. The van der Waals surface area contributed by atoms with Gasteiger partial charge in [-0.15, -0.1) is 0 Å². The van der Waals surface area contributed by atoms with Gasteiger partial charge in [0, 0.05) is 5.56 Å². The normalized spacial score (nSPS) is 11.8. The summed E-state index contributed by atoms with van der Waals surface area (Å²) in [6.07, 6.45) is 12.6. The average Bonchev–Trinajstić information content (AvgIpc) is 2.80. The maximum atomic E-state index is 12.4. The number of rotatable bonds is 15. The van der Waals surface area contributed by atoms with Crippen LogP contribution in [0.3, 0.4) is 0 Å². The van der Waals surface area contributed by atoms with Gasteiger partial charge in [-0.05, 0) is 36.6 Å². The summed E-state index contributed by atoms with van der Waals surface area (Å²) < 4.78 is 5.24. The van der Waals surface area contributed by atoms with Crippen molar-refractivity contribution in [3.63, 3.8) is 0 Å². The quantitative estimate of drug-likeness (QED) is 0.175. The van der Waals surface area contributed by atoms with Crippen LogP contribution in [-0.2, 0) is 16.0 Å². The van der Waals surface area contributed by atoms with Gasteiger partial charge in [-0.25, -0.2) is 4.79 Å². The first-order valence-electron chi connectivity index (χ1n) is 12.0. The molecular formula is C27H37NO5. The number of unbranched alkanes of at least 4 members (excludes halogenated alkanes) is 9. The largest absolute Gasteiger partial charge is 0.508 e. The molecule has 0 saturated heterocycles. The van der Waals surface area contributed by atoms with Gasteiger partial charge >= 0.3 is 5.97 Å². The fourth-order valence-electron chi connectivity index (χ4n) is 3.82. The van der Waals surface area contributed by atoms with Crippen LogP contribution in [0, 0.1) is 0 Å². The molecule has 33 heavy (non-hydrogen) atoms. The number of primary amides is 1. The second-order valence-electron chi connectivity index (χ2n) is 8.56. The molecule has 0 heterocycles. The van der Waals surface area contributed by atoms with Gasteiger partial charge in [-0.2, -0.15) is 0 Å². The van der Waals surface area contributed by atoms with E-state index in [-0.39, 0.29) is 17.1 Å². The highest BCUT2D eigenvalue weighted by molar-refractivity contribution is 5.95. The zero-order valence-electron chi connectivity index (χ0n) is 19.6. The summed E-state index contributed by atoms with van der Waals surface area (Å²) in [7, 11) is 0. The fourth-order valence-corrected chi connectivity index (χ4v) is 3.82. The molecule has 1 amide bonds. The van der Waals surface area contributed by atoms with E-state index in [2.05, 4.69) is 6.92 Å². The van der Waals surface area contributed by atoms with Crippen molar-refractivity contribution < 1.29 is 24.5 Å². The number of hydrogen-bond acceptors (Lipinski definition) is 5. The Morgan fingerprint density at radius 1 is 0.848 bits per heavy atom. The van der Waals surface area contributed by atoms with Crippen LogP contribution < -0.4 is 5.73 Å². The molecular weight excluding hydrogens is 418 g/mol. The Balaban J connectivity index is 1.80. The summed E-state index contributed by atoms with van der Waals surface area (Å²) in [5.74, 6) is -2.31. The van der Waals surface area contributed by atoms with Crippen LogP contribution in [0.15, 0.2) is 42.5 Å². The Kier molecular flexibility index (Phi) is 11.3. The van der Waals surface area contributed by atoms with Crippen LogP contribution >= 0.6 is 0 Å². The van der Waals surface area contributed by atoms with E-state index in [0.717, 1.165) is 24.5 Å². The molecule has 1 atom stereocenters. The van der Waals surface area contributed by atoms with Gasteiger partial charge in [-0.3, -0.25) is 4.79 Å². The number of esters is 1. The summed E-state index contributed by atoms with van der Waals surface area (Å²) in [5.41, 5.74) is 6.82. The molecule has 0 aromatic heterocycles. The molecule has 0 bridgehead atoms. The van der Waals surface area contributed by atoms with Crippen molar-refractivity contribution >= 4 is 11.9 Å². The van der Waals surface area contributed by atoms with Crippen molar-refractivity contribution in [2.24, 2.45) is 5.73 Å². The second kappa shape index (κ2) is 14.2. The summed E-state index contributed by atoms with van der Waals surface area (Å²) in [5, 5.41) is 19.4. The SMILES string of the molecule is CCCCCCCCCCCCc1ccc(C(OC(=O)c2cc(O)ccc2O)C(N)=O)cc1. The molecule has 2 rings (SSSR count). The highest BCUT2D eigenvalue weighted by Gasteiger charge is 2.25. The Labute approximate surface area is 196 Å². The van der Waals surface area contributed by atoms with E-state index < -0.39 is 18.0 Å². The topological polar surface area (TPSA) is 110 Å². The van der Waals surface area contributed by atoms with Crippen molar-refractivity contribution in [1.82, 2.24) is 0 Å². The number of carbonyl (C=O) groups excluding carboxylic acids is 2. The van der Waals surface area contributed by atoms with Gasteiger partial charge in [0.15, 0.2) is 0 Å². The molecule has 180 valence electrons. The van der Waals surface area contributed by atoms with Crippen molar-refractivity contribution in [1.29, 1.82) is 0 Å². The van der Waals surface area contributed by atoms with E-state index in [9.17, 15) is 19.8 Å². The number of carbonyl (C=O) groups is 2. The predicted molar refractivity (Wildman–Crippen MR) is 129 cm³/mol. The minimum absolute atomic E-state index is 0.202. The highest BCUT2D eigenvalue weighted by atomic mass is 16.5. The Morgan fingerprint density at radius 3 is 2.00 bits per heavy atom. The second-order valence-corrected chi connectivity index (χ2v) is 8.56. The van der Waals surface area contributed by atoms with Crippen molar-refractivity contribution in [2.45, 2.75) is 83.7 Å². The van der Waals surface area contributed by atoms with Gasteiger partial charge in [0.2, 0.25) is 6.10 Å². The van der Waals surface area contributed by atoms with Gasteiger partial charge in [0.25, 0.3) is 5.91 Å². The first-order chi connectivity index (χ1) is 15.9. The first-order valence-corrected chi connectivity index (χ1v) is 12.0. The third-order valence-electron chi connectivity index (χ3n) is 5.78. The van der Waals surface area contributed by atoms with Crippen LogP contribution in [0.4, 0.5) is 0 Å². The molecule has 0 aliphatic rings. The molecule has 2 aromatic carbocycles. The Morgan fingerprint density at radius 2 is 1.42 bits per heavy atom. The van der Waals surface area contributed by atoms with Crippen LogP contribution in [0.1, 0.15) is 98.7 Å². The fraction of sp³-hybridized carbons (Fsp3) is 0.481. The van der Waals surface area contributed by atoms with E-state index in [1.54, 1.807) is 12.1 Å². The summed E-state index contributed by atoms with van der Waals surface area (Å²) in [6, 6.07) is 10.8. The van der Waals surface area contributed by atoms with E-state index >= 15 is 0 Å². The molecule has 0 spiro atoms. The van der Waals surface area contributed by atoms with E-state index in [1.165, 1.54) is 69.9 Å². The van der Waals surface area contributed by atoms with Gasteiger partial charge < -0.3 is 20.7 Å². The number of phenolic OH excluding ortho intramolecular Hbond substituents is 2. The number of benzene rings is 2. The summed E-state index contributed by atoms with van der Waals surface area (Å²) >= 11 is 0. The van der Waals surface area contributed by atoms with Crippen molar-refractivity contribution in [3.05, 3.63) is 59.2 Å². The number of ether oxygens (including phenoxy) is 1. The lowest BCUT2D eigenvalue weighted by Gasteiger charge is -2.16. The average molecular weight is 456 g/mol. The number of hydrogen-bond donors (Lipinski definition) is 3. The van der Waals surface area contributed by atoms with Crippen molar-refractivity contribution in [2.75, 3.05) is 0 Å². The zero-order chi connectivity index (χ0) is 24.1. The van der Waals surface area contributed by atoms with Crippen molar-refractivity contribution in [3.8, 4) is 11.5 Å². The highest BCUT2D eigenvalue weighted by Crippen LogP contribution is 2.26. The molecule has 0 fully saturated rings. The Hall–Kier alpha value is -3.02. The lowest BCUT2D eigenvalue weighted by atomic mass is 10.0. The zero-order valence-corrected chi connectivity index (χ0v) is 19.6. The van der Waals surface area contributed by atoms with Gasteiger partial charge in [-0.1, -0.05) is 89.0 Å². The summed E-state index contributed by atoms with van der Waals surface area (Å²) in [6.45, 7) is 2.24. The maximum Gasteiger partial charge on any atom is 0.343 e. The molecule has 1 unspecified atom stereocenters. The molecule has 0 aliphatic heterocycles. The van der Waals surface area contributed by atoms with Crippen LogP contribution in [-0.4, -0.2) is 22.1 Å². The van der Waals surface area contributed by atoms with Gasteiger partial charge in [0.1, 0.15) is 17.1 Å². The minimum atomic E-state index is -1.29. The number of aryl methyl sites for hydroxylation is 1. The molecule has 6 heteroatoms. The lowest BCUT2D eigenvalue weighted by Crippen LogP contribution is -2.26. The molecule has 2 aromatic rings. The molecule has 0 aliphatic carbocycles. The monoisotopic (exact) mass is 455 g/mol. The van der Waals surface area contributed by atoms with E-state index in [4.69, 9.17) is 10.5 Å². The molecule has 0 saturated carbocycles. The van der Waals surface area contributed by atoms with E-state index in [0.29, 0.717) is 5.56 Å². The molecule has 0 radical (unpaired) electrons. The molecule has 6 nitrogen and oxygen atoms in total. The van der Waals surface area contributed by atoms with Crippen LogP contribution in [0.2, 0.25) is 0 Å². The number of nitrogens with two attached hydrogens (primary N) is 1. The van der Waals surface area contributed by atoms with Crippen LogP contribution in [0.25, 0.3) is 0 Å². The lowest BCUT2D eigenvalue weighted by molar-refractivity contribution is -0.127. The maximum absolute atomic E-state index is 12.4. The molecule has 4 N–H and O–H groups in total. The number of amides is 1. The first kappa shape index (κ1) is 26.2. The smallest absolute Gasteiger partial charge is 0.343 e. The third-order valence-corrected chi connectivity index (χ3v) is 5.78. The standard InChI is InChI=1S/C27H37NO5/c1-2-3-4-5-6-7-8-9-10-11-12-20-13-15-21(16-14-20)25(26(28)31)33-27(32)23-19-22(29)17-18-24(23)30/h13-19,25,29-30H,2-12H2,1H3,(H2,28,31).